The Balaban J connectivity index is 1.63. The third-order valence-electron chi connectivity index (χ3n) is 5.45. The van der Waals surface area contributed by atoms with Crippen LogP contribution in [0.3, 0.4) is 0 Å². The fraction of sp³-hybridized carbons (Fsp3) is 0.500. The summed E-state index contributed by atoms with van der Waals surface area (Å²) in [7, 11) is 1.86. The van der Waals surface area contributed by atoms with E-state index in [4.69, 9.17) is 4.74 Å². The van der Waals surface area contributed by atoms with Crippen molar-refractivity contribution in [2.24, 2.45) is 7.05 Å². The first kappa shape index (κ1) is 19.5. The van der Waals surface area contributed by atoms with Crippen molar-refractivity contribution in [2.75, 3.05) is 18.0 Å². The molecule has 0 unspecified atom stereocenters. The Kier molecular flexibility index (Phi) is 4.84. The van der Waals surface area contributed by atoms with E-state index in [2.05, 4.69) is 11.2 Å². The van der Waals surface area contributed by atoms with E-state index >= 15 is 0 Å². The van der Waals surface area contributed by atoms with Gasteiger partial charge >= 0.3 is 6.09 Å². The first-order valence-corrected chi connectivity index (χ1v) is 10.2. The van der Waals surface area contributed by atoms with E-state index in [1.165, 1.54) is 5.56 Å². The quantitative estimate of drug-likeness (QED) is 0.742. The summed E-state index contributed by atoms with van der Waals surface area (Å²) in [4.78, 5) is 29.5. The summed E-state index contributed by atoms with van der Waals surface area (Å²) >= 11 is 0. The van der Waals surface area contributed by atoms with Crippen LogP contribution in [0.2, 0.25) is 0 Å². The molecule has 0 saturated carbocycles. The lowest BCUT2D eigenvalue weighted by molar-refractivity contribution is 0.0221. The molecule has 1 aromatic carbocycles. The van der Waals surface area contributed by atoms with Crippen LogP contribution in [0.1, 0.15) is 54.5 Å². The molecule has 154 valence electrons. The minimum Gasteiger partial charge on any atom is -0.444 e. The lowest BCUT2D eigenvalue weighted by atomic mass is 10.00. The summed E-state index contributed by atoms with van der Waals surface area (Å²) in [6.45, 7) is 7.14. The maximum atomic E-state index is 13.5. The highest BCUT2D eigenvalue weighted by molar-refractivity contribution is 6.06. The van der Waals surface area contributed by atoms with Gasteiger partial charge in [-0.1, -0.05) is 18.2 Å². The molecule has 2 aliphatic heterocycles. The van der Waals surface area contributed by atoms with Crippen LogP contribution in [0.25, 0.3) is 0 Å². The standard InChI is InChI=1S/C22H28N4O3/c1-22(2,3)29-21(28)25-13-11-18-16(14-25)19(23-24(18)4)20(27)26-12-7-9-15-8-5-6-10-17(15)26/h5-6,8,10H,7,9,11-14H2,1-4H3. The number of ether oxygens (including phenoxy) is 1. The molecule has 0 saturated heterocycles. The van der Waals surface area contributed by atoms with E-state index in [9.17, 15) is 9.59 Å². The summed E-state index contributed by atoms with van der Waals surface area (Å²) < 4.78 is 7.31. The van der Waals surface area contributed by atoms with Crippen molar-refractivity contribution in [2.45, 2.75) is 52.2 Å². The largest absolute Gasteiger partial charge is 0.444 e. The Bertz CT molecular complexity index is 957. The molecule has 4 rings (SSSR count). The van der Waals surface area contributed by atoms with Crippen molar-refractivity contribution in [3.63, 3.8) is 0 Å². The molecule has 2 amide bonds. The van der Waals surface area contributed by atoms with Crippen LogP contribution in [-0.4, -0.2) is 45.4 Å². The normalized spacial score (nSPS) is 16.3. The number of aromatic nitrogens is 2. The number of amides is 2. The van der Waals surface area contributed by atoms with Crippen molar-refractivity contribution in [3.8, 4) is 0 Å². The number of fused-ring (bicyclic) bond motifs is 2. The number of carbonyl (C=O) groups excluding carboxylic acids is 2. The smallest absolute Gasteiger partial charge is 0.410 e. The maximum Gasteiger partial charge on any atom is 0.410 e. The van der Waals surface area contributed by atoms with Crippen molar-refractivity contribution in [3.05, 3.63) is 46.8 Å². The van der Waals surface area contributed by atoms with Crippen molar-refractivity contribution in [1.82, 2.24) is 14.7 Å². The first-order valence-electron chi connectivity index (χ1n) is 10.2. The molecular formula is C22H28N4O3. The number of para-hydroxylation sites is 1. The van der Waals surface area contributed by atoms with Crippen LogP contribution in [0, 0.1) is 0 Å². The van der Waals surface area contributed by atoms with Gasteiger partial charge in [-0.15, -0.1) is 0 Å². The monoisotopic (exact) mass is 396 g/mol. The van der Waals surface area contributed by atoms with Crippen LogP contribution in [0.4, 0.5) is 10.5 Å². The van der Waals surface area contributed by atoms with Gasteiger partial charge in [0.05, 0.1) is 6.54 Å². The van der Waals surface area contributed by atoms with Gasteiger partial charge in [-0.05, 0) is 45.2 Å². The number of carbonyl (C=O) groups is 2. The average molecular weight is 396 g/mol. The highest BCUT2D eigenvalue weighted by Gasteiger charge is 2.34. The lowest BCUT2D eigenvalue weighted by Crippen LogP contribution is -2.41. The molecule has 0 spiro atoms. The van der Waals surface area contributed by atoms with Gasteiger partial charge in [0, 0.05) is 43.5 Å². The van der Waals surface area contributed by atoms with Crippen LogP contribution in [-0.2, 0) is 31.2 Å². The molecule has 29 heavy (non-hydrogen) atoms. The molecule has 7 heteroatoms. The van der Waals surface area contributed by atoms with E-state index in [1.54, 1.807) is 9.58 Å². The summed E-state index contributed by atoms with van der Waals surface area (Å²) in [6, 6.07) is 8.04. The highest BCUT2D eigenvalue weighted by Crippen LogP contribution is 2.30. The fourth-order valence-corrected chi connectivity index (χ4v) is 4.12. The van der Waals surface area contributed by atoms with Gasteiger partial charge < -0.3 is 14.5 Å². The van der Waals surface area contributed by atoms with Gasteiger partial charge in [-0.2, -0.15) is 5.10 Å². The van der Waals surface area contributed by atoms with Gasteiger partial charge in [-0.3, -0.25) is 9.48 Å². The number of anilines is 1. The second kappa shape index (κ2) is 7.21. The second-order valence-corrected chi connectivity index (χ2v) is 8.74. The fourth-order valence-electron chi connectivity index (χ4n) is 4.12. The van der Waals surface area contributed by atoms with Crippen LogP contribution in [0.5, 0.6) is 0 Å². The number of hydrogen-bond acceptors (Lipinski definition) is 4. The molecule has 0 atom stereocenters. The molecule has 3 heterocycles. The lowest BCUT2D eigenvalue weighted by Gasteiger charge is -2.31. The van der Waals surface area contributed by atoms with E-state index in [1.807, 2.05) is 50.9 Å². The Hall–Kier alpha value is -2.83. The zero-order valence-corrected chi connectivity index (χ0v) is 17.6. The van der Waals surface area contributed by atoms with Gasteiger partial charge in [0.15, 0.2) is 5.69 Å². The van der Waals surface area contributed by atoms with Gasteiger partial charge in [-0.25, -0.2) is 4.79 Å². The topological polar surface area (TPSA) is 67.7 Å². The van der Waals surface area contributed by atoms with Crippen molar-refractivity contribution < 1.29 is 14.3 Å². The number of nitrogens with zero attached hydrogens (tertiary/aromatic N) is 4. The Labute approximate surface area is 171 Å². The second-order valence-electron chi connectivity index (χ2n) is 8.74. The Morgan fingerprint density at radius 3 is 2.62 bits per heavy atom. The molecule has 0 bridgehead atoms. The summed E-state index contributed by atoms with van der Waals surface area (Å²) in [6.07, 6.45) is 2.21. The third kappa shape index (κ3) is 3.73. The zero-order valence-electron chi connectivity index (χ0n) is 17.6. The summed E-state index contributed by atoms with van der Waals surface area (Å²) in [5.74, 6) is -0.0972. The number of rotatable bonds is 1. The van der Waals surface area contributed by atoms with Crippen LogP contribution in [0.15, 0.2) is 24.3 Å². The molecule has 2 aromatic rings. The molecule has 0 fully saturated rings. The Morgan fingerprint density at radius 2 is 1.86 bits per heavy atom. The third-order valence-corrected chi connectivity index (χ3v) is 5.45. The van der Waals surface area contributed by atoms with E-state index in [-0.39, 0.29) is 12.0 Å². The molecular weight excluding hydrogens is 368 g/mol. The van der Waals surface area contributed by atoms with E-state index < -0.39 is 5.60 Å². The van der Waals surface area contributed by atoms with Crippen LogP contribution < -0.4 is 4.90 Å². The van der Waals surface area contributed by atoms with E-state index in [0.29, 0.717) is 31.7 Å². The minimum atomic E-state index is -0.553. The van der Waals surface area contributed by atoms with Crippen molar-refractivity contribution in [1.29, 1.82) is 0 Å². The molecule has 0 radical (unpaired) electrons. The molecule has 0 aliphatic carbocycles. The molecule has 0 N–H and O–H groups in total. The Morgan fingerprint density at radius 1 is 1.10 bits per heavy atom. The average Bonchev–Trinajstić information content (AvgIpc) is 3.02. The summed E-state index contributed by atoms with van der Waals surface area (Å²) in [5.41, 5.74) is 3.88. The van der Waals surface area contributed by atoms with Gasteiger partial charge in [0.25, 0.3) is 5.91 Å². The molecule has 7 nitrogen and oxygen atoms in total. The number of benzene rings is 1. The number of aryl methyl sites for hydroxylation is 2. The van der Waals surface area contributed by atoms with E-state index in [0.717, 1.165) is 29.8 Å². The van der Waals surface area contributed by atoms with Crippen LogP contribution >= 0.6 is 0 Å². The predicted molar refractivity (Wildman–Crippen MR) is 110 cm³/mol. The first-order chi connectivity index (χ1) is 13.7. The molecule has 2 aliphatic rings. The van der Waals surface area contributed by atoms with Gasteiger partial charge in [0.1, 0.15) is 5.60 Å². The minimum absolute atomic E-state index is 0.0972. The predicted octanol–water partition coefficient (Wildman–Crippen LogP) is 3.31. The SMILES string of the molecule is Cn1nc(C(=O)N2CCCc3ccccc32)c2c1CCN(C(=O)OC(C)(C)C)C2. The highest BCUT2D eigenvalue weighted by atomic mass is 16.6. The number of hydrogen-bond donors (Lipinski definition) is 0. The van der Waals surface area contributed by atoms with Gasteiger partial charge in [0.2, 0.25) is 0 Å². The molecule has 1 aromatic heterocycles. The summed E-state index contributed by atoms with van der Waals surface area (Å²) in [5, 5.41) is 4.56. The van der Waals surface area contributed by atoms with Crippen molar-refractivity contribution >= 4 is 17.7 Å². The maximum absolute atomic E-state index is 13.5. The zero-order chi connectivity index (χ0) is 20.8.